The molecule has 0 unspecified atom stereocenters. The molecule has 2 aliphatic rings. The number of fused-ring (bicyclic) bond motifs is 1. The first-order valence-corrected chi connectivity index (χ1v) is 9.65. The minimum atomic E-state index is 0. The van der Waals surface area contributed by atoms with E-state index in [1.165, 1.54) is 49.0 Å². The van der Waals surface area contributed by atoms with Crippen LogP contribution in [0.1, 0.15) is 58.6 Å². The third-order valence-corrected chi connectivity index (χ3v) is 6.33. The number of nitrogens with zero attached hydrogens (tertiary/aromatic N) is 1. The van der Waals surface area contributed by atoms with Crippen LogP contribution >= 0.6 is 23.7 Å². The molecule has 5 heteroatoms. The van der Waals surface area contributed by atoms with E-state index in [1.807, 2.05) is 7.05 Å². The minimum Gasteiger partial charge on any atom is -0.338 e. The highest BCUT2D eigenvalue weighted by Crippen LogP contribution is 2.30. The van der Waals surface area contributed by atoms with Crippen molar-refractivity contribution in [3.05, 3.63) is 21.4 Å². The Morgan fingerprint density at radius 1 is 1.22 bits per heavy atom. The fraction of sp³-hybridized carbons (Fsp3) is 0.722. The molecule has 2 heterocycles. The van der Waals surface area contributed by atoms with Crippen molar-refractivity contribution in [3.63, 3.8) is 0 Å². The van der Waals surface area contributed by atoms with Gasteiger partial charge in [0.15, 0.2) is 0 Å². The van der Waals surface area contributed by atoms with Crippen molar-refractivity contribution < 1.29 is 4.79 Å². The average molecular weight is 357 g/mol. The molecule has 0 bridgehead atoms. The summed E-state index contributed by atoms with van der Waals surface area (Å²) in [5.41, 5.74) is 1.46. The van der Waals surface area contributed by atoms with Gasteiger partial charge in [0.1, 0.15) is 0 Å². The van der Waals surface area contributed by atoms with E-state index in [4.69, 9.17) is 0 Å². The number of thiophene rings is 1. The van der Waals surface area contributed by atoms with Gasteiger partial charge >= 0.3 is 0 Å². The number of piperidine rings is 1. The molecule has 0 radical (unpaired) electrons. The first kappa shape index (κ1) is 18.8. The molecule has 1 N–H and O–H groups in total. The maximum atomic E-state index is 12.8. The number of amides is 1. The van der Waals surface area contributed by atoms with E-state index < -0.39 is 0 Å². The first-order chi connectivity index (χ1) is 10.8. The van der Waals surface area contributed by atoms with Gasteiger partial charge in [0.05, 0.1) is 4.88 Å². The highest BCUT2D eigenvalue weighted by atomic mass is 35.5. The Balaban J connectivity index is 0.00000192. The minimum absolute atomic E-state index is 0. The zero-order valence-electron chi connectivity index (χ0n) is 14.1. The van der Waals surface area contributed by atoms with Crippen molar-refractivity contribution in [2.45, 2.75) is 51.4 Å². The number of halogens is 1. The normalized spacial score (nSPS) is 19.4. The molecule has 23 heavy (non-hydrogen) atoms. The monoisotopic (exact) mass is 356 g/mol. The van der Waals surface area contributed by atoms with Gasteiger partial charge in [-0.3, -0.25) is 4.79 Å². The molecule has 0 aromatic carbocycles. The summed E-state index contributed by atoms with van der Waals surface area (Å²) in [5, 5.41) is 3.26. The second-order valence-corrected chi connectivity index (χ2v) is 7.90. The molecule has 130 valence electrons. The number of aryl methyl sites for hydroxylation is 2. The lowest BCUT2D eigenvalue weighted by Gasteiger charge is -2.31. The lowest BCUT2D eigenvalue weighted by Crippen LogP contribution is -2.40. The molecule has 1 saturated heterocycles. The van der Waals surface area contributed by atoms with Gasteiger partial charge in [0, 0.05) is 18.0 Å². The van der Waals surface area contributed by atoms with E-state index in [2.05, 4.69) is 16.3 Å². The SMILES string of the molecule is CNCC1CCN(C(=O)c2cc3c(s2)CCCCCC3)CC1.Cl. The molecule has 1 aromatic rings. The largest absolute Gasteiger partial charge is 0.338 e. The summed E-state index contributed by atoms with van der Waals surface area (Å²) < 4.78 is 0. The van der Waals surface area contributed by atoms with Gasteiger partial charge in [-0.15, -0.1) is 23.7 Å². The van der Waals surface area contributed by atoms with Crippen LogP contribution in [0.5, 0.6) is 0 Å². The fourth-order valence-electron chi connectivity index (χ4n) is 3.73. The lowest BCUT2D eigenvalue weighted by atomic mass is 9.96. The quantitative estimate of drug-likeness (QED) is 0.890. The Labute approximate surface area is 150 Å². The van der Waals surface area contributed by atoms with E-state index in [1.54, 1.807) is 11.3 Å². The van der Waals surface area contributed by atoms with Crippen LogP contribution in [0.15, 0.2) is 6.07 Å². The van der Waals surface area contributed by atoms with E-state index >= 15 is 0 Å². The van der Waals surface area contributed by atoms with Crippen LogP contribution < -0.4 is 5.32 Å². The van der Waals surface area contributed by atoms with Crippen LogP contribution in [-0.4, -0.2) is 37.5 Å². The van der Waals surface area contributed by atoms with Crippen molar-refractivity contribution in [1.82, 2.24) is 10.2 Å². The van der Waals surface area contributed by atoms with Crippen molar-refractivity contribution in [1.29, 1.82) is 0 Å². The predicted molar refractivity (Wildman–Crippen MR) is 100.0 cm³/mol. The number of hydrogen-bond donors (Lipinski definition) is 1. The maximum absolute atomic E-state index is 12.8. The third kappa shape index (κ3) is 4.71. The Morgan fingerprint density at radius 3 is 2.61 bits per heavy atom. The number of carbonyl (C=O) groups is 1. The summed E-state index contributed by atoms with van der Waals surface area (Å²) in [6, 6.07) is 2.20. The lowest BCUT2D eigenvalue weighted by molar-refractivity contribution is 0.0696. The fourth-order valence-corrected chi connectivity index (χ4v) is 4.96. The molecule has 3 nitrogen and oxygen atoms in total. The molecule has 0 spiro atoms. The third-order valence-electron chi connectivity index (χ3n) is 5.10. The van der Waals surface area contributed by atoms with Crippen LogP contribution in [0, 0.1) is 5.92 Å². The second kappa shape index (κ2) is 9.05. The van der Waals surface area contributed by atoms with Gasteiger partial charge in [0.25, 0.3) is 5.91 Å². The summed E-state index contributed by atoms with van der Waals surface area (Å²) in [5.74, 6) is 1.01. The van der Waals surface area contributed by atoms with Gasteiger partial charge in [-0.25, -0.2) is 0 Å². The Morgan fingerprint density at radius 2 is 1.91 bits per heavy atom. The molecule has 1 aliphatic heterocycles. The van der Waals surface area contributed by atoms with Gasteiger partial charge in [-0.1, -0.05) is 12.8 Å². The van der Waals surface area contributed by atoms with Crippen molar-refractivity contribution in [2.24, 2.45) is 5.92 Å². The molecule has 1 amide bonds. The van der Waals surface area contributed by atoms with E-state index in [9.17, 15) is 4.79 Å². The number of carbonyl (C=O) groups excluding carboxylic acids is 1. The summed E-state index contributed by atoms with van der Waals surface area (Å²) in [4.78, 5) is 17.3. The molecule has 1 fully saturated rings. The molecular weight excluding hydrogens is 328 g/mol. The molecular formula is C18H29ClN2OS. The topological polar surface area (TPSA) is 32.3 Å². The summed E-state index contributed by atoms with van der Waals surface area (Å²) >= 11 is 1.77. The predicted octanol–water partition coefficient (Wildman–Crippen LogP) is 3.90. The van der Waals surface area contributed by atoms with Crippen molar-refractivity contribution >= 4 is 29.7 Å². The summed E-state index contributed by atoms with van der Waals surface area (Å²) in [7, 11) is 2.01. The summed E-state index contributed by atoms with van der Waals surface area (Å²) in [6.07, 6.45) is 9.89. The summed E-state index contributed by atoms with van der Waals surface area (Å²) in [6.45, 7) is 2.93. The molecule has 1 aromatic heterocycles. The average Bonchev–Trinajstić information content (AvgIpc) is 2.90. The number of likely N-dealkylation sites (tertiary alicyclic amines) is 1. The van der Waals surface area contributed by atoms with E-state index in [-0.39, 0.29) is 18.3 Å². The van der Waals surface area contributed by atoms with Gasteiger partial charge < -0.3 is 10.2 Å². The van der Waals surface area contributed by atoms with Gasteiger partial charge in [-0.05, 0) is 69.7 Å². The van der Waals surface area contributed by atoms with Crippen molar-refractivity contribution in [2.75, 3.05) is 26.7 Å². The zero-order valence-corrected chi connectivity index (χ0v) is 15.7. The van der Waals surface area contributed by atoms with Crippen LogP contribution in [0.2, 0.25) is 0 Å². The maximum Gasteiger partial charge on any atom is 0.263 e. The van der Waals surface area contributed by atoms with E-state index in [0.717, 1.165) is 43.3 Å². The first-order valence-electron chi connectivity index (χ1n) is 8.83. The highest BCUT2D eigenvalue weighted by Gasteiger charge is 2.25. The smallest absolute Gasteiger partial charge is 0.263 e. The highest BCUT2D eigenvalue weighted by molar-refractivity contribution is 7.14. The van der Waals surface area contributed by atoms with Gasteiger partial charge in [-0.2, -0.15) is 0 Å². The molecule has 0 atom stereocenters. The number of rotatable bonds is 3. The Hall–Kier alpha value is -0.580. The Kier molecular flexibility index (Phi) is 7.38. The molecule has 3 rings (SSSR count). The van der Waals surface area contributed by atoms with Crippen LogP contribution in [0.25, 0.3) is 0 Å². The second-order valence-electron chi connectivity index (χ2n) is 6.77. The zero-order chi connectivity index (χ0) is 15.4. The van der Waals surface area contributed by atoms with E-state index in [0.29, 0.717) is 0 Å². The number of nitrogens with one attached hydrogen (secondary N) is 1. The number of hydrogen-bond acceptors (Lipinski definition) is 3. The Bertz CT molecular complexity index is 484. The molecule has 0 saturated carbocycles. The molecule has 1 aliphatic carbocycles. The van der Waals surface area contributed by atoms with Crippen molar-refractivity contribution in [3.8, 4) is 0 Å². The van der Waals surface area contributed by atoms with Gasteiger partial charge in [0.2, 0.25) is 0 Å². The van der Waals surface area contributed by atoms with Crippen LogP contribution in [0.4, 0.5) is 0 Å². The van der Waals surface area contributed by atoms with Crippen LogP contribution in [-0.2, 0) is 12.8 Å². The standard InChI is InChI=1S/C18H28N2OS.ClH/c1-19-13-14-8-10-20(11-9-14)18(21)17-12-15-6-4-2-3-5-7-16(15)22-17;/h12,14,19H,2-11,13H2,1H3;1H. The van der Waals surface area contributed by atoms with Crippen LogP contribution in [0.3, 0.4) is 0 Å².